The Morgan fingerprint density at radius 1 is 1.33 bits per heavy atom. The number of hydrogen-bond donors (Lipinski definition) is 3. The van der Waals surface area contributed by atoms with Gasteiger partial charge in [-0.2, -0.15) is 0 Å². The number of carboxylic acids is 1. The van der Waals surface area contributed by atoms with E-state index in [1.54, 1.807) is 0 Å². The maximum atomic E-state index is 12.4. The average Bonchev–Trinajstić information content (AvgIpc) is 2.97. The van der Waals surface area contributed by atoms with Crippen molar-refractivity contribution in [2.75, 3.05) is 26.2 Å². The van der Waals surface area contributed by atoms with Crippen LogP contribution in [0, 0.1) is 5.92 Å². The average molecular weight is 297 g/mol. The summed E-state index contributed by atoms with van der Waals surface area (Å²) in [7, 11) is 0. The van der Waals surface area contributed by atoms with Crippen molar-refractivity contribution < 1.29 is 14.7 Å². The molecule has 6 nitrogen and oxygen atoms in total. The van der Waals surface area contributed by atoms with E-state index < -0.39 is 11.9 Å². The molecule has 2 rings (SSSR count). The quantitative estimate of drug-likeness (QED) is 0.662. The Kier molecular flexibility index (Phi) is 5.99. The number of piperidine rings is 1. The third kappa shape index (κ3) is 4.17. The summed E-state index contributed by atoms with van der Waals surface area (Å²) in [6.07, 6.45) is 4.67. The van der Waals surface area contributed by atoms with Crippen LogP contribution < -0.4 is 10.6 Å². The van der Waals surface area contributed by atoms with Crippen LogP contribution in [0.2, 0.25) is 0 Å². The second kappa shape index (κ2) is 7.75. The van der Waals surface area contributed by atoms with Gasteiger partial charge in [0.1, 0.15) is 0 Å². The van der Waals surface area contributed by atoms with Crippen LogP contribution in [0.1, 0.15) is 39.0 Å². The summed E-state index contributed by atoms with van der Waals surface area (Å²) in [4.78, 5) is 25.7. The van der Waals surface area contributed by atoms with Crippen molar-refractivity contribution in [2.24, 2.45) is 5.92 Å². The fraction of sp³-hybridized carbons (Fsp3) is 0.867. The summed E-state index contributed by atoms with van der Waals surface area (Å²) < 4.78 is 0. The first-order chi connectivity index (χ1) is 10.1. The highest BCUT2D eigenvalue weighted by Gasteiger charge is 2.35. The molecule has 0 bridgehead atoms. The lowest BCUT2D eigenvalue weighted by molar-refractivity contribution is -0.141. The molecule has 2 heterocycles. The van der Waals surface area contributed by atoms with Crippen LogP contribution in [0.15, 0.2) is 0 Å². The van der Waals surface area contributed by atoms with E-state index in [-0.39, 0.29) is 18.5 Å². The van der Waals surface area contributed by atoms with Gasteiger partial charge in [-0.1, -0.05) is 6.92 Å². The van der Waals surface area contributed by atoms with E-state index in [1.165, 1.54) is 0 Å². The number of likely N-dealkylation sites (tertiary alicyclic amines) is 1. The minimum Gasteiger partial charge on any atom is -0.481 e. The molecule has 2 saturated heterocycles. The number of rotatable bonds is 6. The van der Waals surface area contributed by atoms with Crippen LogP contribution in [0.3, 0.4) is 0 Å². The van der Waals surface area contributed by atoms with Gasteiger partial charge < -0.3 is 15.7 Å². The number of nitrogens with one attached hydrogen (secondary N) is 2. The molecule has 0 spiro atoms. The molecule has 2 atom stereocenters. The zero-order chi connectivity index (χ0) is 15.2. The molecule has 0 aromatic carbocycles. The highest BCUT2D eigenvalue weighted by atomic mass is 16.4. The summed E-state index contributed by atoms with van der Waals surface area (Å²) in [6, 6.07) is 0.422. The van der Waals surface area contributed by atoms with E-state index in [0.29, 0.717) is 12.5 Å². The number of carbonyl (C=O) groups is 2. The fourth-order valence-electron chi connectivity index (χ4n) is 3.39. The number of amides is 1. The molecule has 0 aromatic heterocycles. The first-order valence-electron chi connectivity index (χ1n) is 8.10. The zero-order valence-corrected chi connectivity index (χ0v) is 12.8. The monoisotopic (exact) mass is 297 g/mol. The highest BCUT2D eigenvalue weighted by molar-refractivity contribution is 5.82. The topological polar surface area (TPSA) is 81.7 Å². The van der Waals surface area contributed by atoms with Gasteiger partial charge in [0.05, 0.1) is 12.0 Å². The van der Waals surface area contributed by atoms with Gasteiger partial charge in [0.2, 0.25) is 5.91 Å². The molecule has 2 unspecified atom stereocenters. The van der Waals surface area contributed by atoms with Crippen LogP contribution in [0.5, 0.6) is 0 Å². The molecule has 1 amide bonds. The van der Waals surface area contributed by atoms with Gasteiger partial charge in [0, 0.05) is 12.6 Å². The second-order valence-electron chi connectivity index (χ2n) is 6.07. The second-order valence-corrected chi connectivity index (χ2v) is 6.07. The Hall–Kier alpha value is -1.14. The standard InChI is InChI=1S/C15H27N3O3/c1-2-11(15(20)21)10-17-14(19)13-4-3-9-18(13)12-5-7-16-8-6-12/h11-13,16H,2-10H2,1H3,(H,17,19)(H,20,21). The van der Waals surface area contributed by atoms with Crippen LogP contribution in [0.4, 0.5) is 0 Å². The largest absolute Gasteiger partial charge is 0.481 e. The molecule has 2 fully saturated rings. The van der Waals surface area contributed by atoms with E-state index in [2.05, 4.69) is 15.5 Å². The summed E-state index contributed by atoms with van der Waals surface area (Å²) in [5.41, 5.74) is 0. The Morgan fingerprint density at radius 3 is 2.67 bits per heavy atom. The van der Waals surface area contributed by atoms with Crippen molar-refractivity contribution in [3.8, 4) is 0 Å². The van der Waals surface area contributed by atoms with Crippen molar-refractivity contribution >= 4 is 11.9 Å². The van der Waals surface area contributed by atoms with Gasteiger partial charge in [0.25, 0.3) is 0 Å². The molecule has 0 saturated carbocycles. The van der Waals surface area contributed by atoms with Crippen molar-refractivity contribution in [3.63, 3.8) is 0 Å². The van der Waals surface area contributed by atoms with Crippen molar-refractivity contribution in [2.45, 2.75) is 51.1 Å². The third-order valence-corrected chi connectivity index (χ3v) is 4.74. The molecule has 21 heavy (non-hydrogen) atoms. The maximum Gasteiger partial charge on any atom is 0.308 e. The van der Waals surface area contributed by atoms with Gasteiger partial charge in [-0.25, -0.2) is 0 Å². The lowest BCUT2D eigenvalue weighted by Crippen LogP contribution is -2.51. The molecule has 6 heteroatoms. The summed E-state index contributed by atoms with van der Waals surface area (Å²) in [6.45, 7) is 5.10. The van der Waals surface area contributed by atoms with Gasteiger partial charge in [0.15, 0.2) is 0 Å². The predicted octanol–water partition coefficient (Wildman–Crippen LogP) is 0.430. The first kappa shape index (κ1) is 16.2. The van der Waals surface area contributed by atoms with Gasteiger partial charge >= 0.3 is 5.97 Å². The smallest absolute Gasteiger partial charge is 0.308 e. The highest BCUT2D eigenvalue weighted by Crippen LogP contribution is 2.24. The van der Waals surface area contributed by atoms with Crippen LogP contribution in [-0.2, 0) is 9.59 Å². The van der Waals surface area contributed by atoms with Crippen LogP contribution >= 0.6 is 0 Å². The van der Waals surface area contributed by atoms with Crippen molar-refractivity contribution in [3.05, 3.63) is 0 Å². The third-order valence-electron chi connectivity index (χ3n) is 4.74. The maximum absolute atomic E-state index is 12.4. The molecule has 120 valence electrons. The summed E-state index contributed by atoms with van der Waals surface area (Å²) >= 11 is 0. The van der Waals surface area contributed by atoms with E-state index in [4.69, 9.17) is 5.11 Å². The predicted molar refractivity (Wildman–Crippen MR) is 80.0 cm³/mol. The Morgan fingerprint density at radius 2 is 2.05 bits per heavy atom. The van der Waals surface area contributed by atoms with Gasteiger partial charge in [-0.3, -0.25) is 14.5 Å². The van der Waals surface area contributed by atoms with E-state index in [9.17, 15) is 9.59 Å². The minimum atomic E-state index is -0.834. The SMILES string of the molecule is CCC(CNC(=O)C1CCCN1C1CCNCC1)C(=O)O. The fourth-order valence-corrected chi connectivity index (χ4v) is 3.39. The van der Waals surface area contributed by atoms with Crippen LogP contribution in [0.25, 0.3) is 0 Å². The molecule has 0 aromatic rings. The molecule has 2 aliphatic heterocycles. The Balaban J connectivity index is 1.86. The zero-order valence-electron chi connectivity index (χ0n) is 12.8. The van der Waals surface area contributed by atoms with E-state index in [0.717, 1.165) is 45.3 Å². The van der Waals surface area contributed by atoms with Crippen molar-refractivity contribution in [1.29, 1.82) is 0 Å². The number of carbonyl (C=O) groups excluding carboxylic acids is 1. The van der Waals surface area contributed by atoms with Crippen molar-refractivity contribution in [1.82, 2.24) is 15.5 Å². The molecular weight excluding hydrogens is 270 g/mol. The van der Waals surface area contributed by atoms with Gasteiger partial charge in [-0.15, -0.1) is 0 Å². The number of hydrogen-bond acceptors (Lipinski definition) is 4. The molecular formula is C15H27N3O3. The summed E-state index contributed by atoms with van der Waals surface area (Å²) in [5, 5.41) is 15.2. The molecule has 0 aliphatic carbocycles. The minimum absolute atomic E-state index is 0.00531. The lowest BCUT2D eigenvalue weighted by Gasteiger charge is -2.35. The van der Waals surface area contributed by atoms with Gasteiger partial charge in [-0.05, 0) is 51.7 Å². The molecule has 2 aliphatic rings. The van der Waals surface area contributed by atoms with Crippen LogP contribution in [-0.4, -0.2) is 60.1 Å². The molecule has 0 radical (unpaired) electrons. The summed E-state index contributed by atoms with van der Waals surface area (Å²) in [5.74, 6) is -1.31. The number of aliphatic carboxylic acids is 1. The van der Waals surface area contributed by atoms with E-state index >= 15 is 0 Å². The number of nitrogens with zero attached hydrogens (tertiary/aromatic N) is 1. The Labute approximate surface area is 126 Å². The number of carboxylic acid groups (broad SMARTS) is 1. The Bertz CT molecular complexity index is 369. The molecule has 3 N–H and O–H groups in total. The first-order valence-corrected chi connectivity index (χ1v) is 8.10. The van der Waals surface area contributed by atoms with E-state index in [1.807, 2.05) is 6.92 Å². The lowest BCUT2D eigenvalue weighted by atomic mass is 10.0. The normalized spacial score (nSPS) is 25.7.